The van der Waals surface area contributed by atoms with Gasteiger partial charge in [-0.25, -0.2) is 0 Å². The van der Waals surface area contributed by atoms with Crippen LogP contribution in [-0.2, 0) is 9.53 Å². The number of benzene rings is 1. The van der Waals surface area contributed by atoms with Gasteiger partial charge in [0.1, 0.15) is 5.75 Å². The molecule has 116 valence electrons. The van der Waals surface area contributed by atoms with E-state index < -0.39 is 11.0 Å². The van der Waals surface area contributed by atoms with Gasteiger partial charge in [-0.3, -0.25) is 14.9 Å². The Kier molecular flexibility index (Phi) is 6.57. The second-order valence-electron chi connectivity index (χ2n) is 4.43. The number of nitro benzene ring substituents is 1. The first-order valence-electron chi connectivity index (χ1n) is 6.22. The van der Waals surface area contributed by atoms with Crippen molar-refractivity contribution in [2.45, 2.75) is 6.10 Å². The highest BCUT2D eigenvalue weighted by atomic mass is 16.6. The maximum atomic E-state index is 11.8. The minimum atomic E-state index is -0.776. The molecule has 1 amide bonds. The van der Waals surface area contributed by atoms with Crippen molar-refractivity contribution in [3.63, 3.8) is 0 Å². The van der Waals surface area contributed by atoms with Crippen molar-refractivity contribution in [3.8, 4) is 5.75 Å². The fourth-order valence-electron chi connectivity index (χ4n) is 1.61. The summed E-state index contributed by atoms with van der Waals surface area (Å²) >= 11 is 0. The second-order valence-corrected chi connectivity index (χ2v) is 4.43. The molecule has 8 heteroatoms. The van der Waals surface area contributed by atoms with Crippen molar-refractivity contribution < 1.29 is 24.3 Å². The predicted molar refractivity (Wildman–Crippen MR) is 74.1 cm³/mol. The number of nitro groups is 1. The third-order valence-electron chi connectivity index (χ3n) is 2.66. The fourth-order valence-corrected chi connectivity index (χ4v) is 1.61. The molecule has 1 unspecified atom stereocenters. The van der Waals surface area contributed by atoms with Crippen LogP contribution >= 0.6 is 0 Å². The molecule has 1 N–H and O–H groups in total. The summed E-state index contributed by atoms with van der Waals surface area (Å²) in [6.07, 6.45) is -0.776. The third-order valence-corrected chi connectivity index (χ3v) is 2.66. The number of aliphatic hydroxyl groups excluding tert-OH is 1. The number of amides is 1. The molecule has 0 aromatic heterocycles. The largest absolute Gasteiger partial charge is 0.484 e. The molecule has 0 aliphatic carbocycles. The summed E-state index contributed by atoms with van der Waals surface area (Å²) in [5.74, 6) is -0.111. The zero-order chi connectivity index (χ0) is 15.8. The van der Waals surface area contributed by atoms with Crippen molar-refractivity contribution in [2.75, 3.05) is 33.9 Å². The van der Waals surface area contributed by atoms with Crippen molar-refractivity contribution >= 4 is 11.6 Å². The average Bonchev–Trinajstić information content (AvgIpc) is 2.45. The van der Waals surface area contributed by atoms with Gasteiger partial charge in [0.25, 0.3) is 11.6 Å². The van der Waals surface area contributed by atoms with Crippen LogP contribution in [0.1, 0.15) is 0 Å². The summed E-state index contributed by atoms with van der Waals surface area (Å²) in [4.78, 5) is 23.2. The number of likely N-dealkylation sites (N-methyl/N-ethyl adjacent to an activating group) is 1. The first-order valence-corrected chi connectivity index (χ1v) is 6.22. The molecule has 0 aliphatic rings. The van der Waals surface area contributed by atoms with Gasteiger partial charge in [0.05, 0.1) is 23.7 Å². The van der Waals surface area contributed by atoms with Crippen molar-refractivity contribution in [1.82, 2.24) is 4.90 Å². The van der Waals surface area contributed by atoms with Crippen LogP contribution in [0.25, 0.3) is 0 Å². The van der Waals surface area contributed by atoms with Crippen LogP contribution in [0.5, 0.6) is 5.75 Å². The van der Waals surface area contributed by atoms with Gasteiger partial charge in [-0.15, -0.1) is 0 Å². The molecular weight excluding hydrogens is 280 g/mol. The minimum Gasteiger partial charge on any atom is -0.484 e. The summed E-state index contributed by atoms with van der Waals surface area (Å²) in [5.41, 5.74) is -0.108. The molecule has 1 atom stereocenters. The van der Waals surface area contributed by atoms with Gasteiger partial charge in [-0.2, -0.15) is 0 Å². The maximum Gasteiger partial charge on any atom is 0.273 e. The summed E-state index contributed by atoms with van der Waals surface area (Å²) in [6.45, 7) is -0.0221. The molecule has 0 saturated heterocycles. The van der Waals surface area contributed by atoms with Crippen LogP contribution in [-0.4, -0.2) is 60.9 Å². The van der Waals surface area contributed by atoms with Crippen LogP contribution in [0, 0.1) is 10.1 Å². The topological polar surface area (TPSA) is 102 Å². The number of hydrogen-bond donors (Lipinski definition) is 1. The van der Waals surface area contributed by atoms with Crippen LogP contribution in [0.4, 0.5) is 5.69 Å². The van der Waals surface area contributed by atoms with Crippen LogP contribution in [0.15, 0.2) is 24.3 Å². The van der Waals surface area contributed by atoms with E-state index in [1.54, 1.807) is 0 Å². The van der Waals surface area contributed by atoms with E-state index in [-0.39, 0.29) is 37.1 Å². The number of methoxy groups -OCH3 is 1. The standard InChI is InChI=1S/C13H18N2O6/c1-14(7-11(16)8-20-2)13(17)9-21-12-5-3-4-10(6-12)15(18)19/h3-6,11,16H,7-9H2,1-2H3. The number of hydrogen-bond acceptors (Lipinski definition) is 6. The van der Waals surface area contributed by atoms with Crippen molar-refractivity contribution in [3.05, 3.63) is 34.4 Å². The lowest BCUT2D eigenvalue weighted by molar-refractivity contribution is -0.384. The number of rotatable bonds is 8. The third kappa shape index (κ3) is 5.76. The Labute approximate surface area is 122 Å². The number of nitrogens with zero attached hydrogens (tertiary/aromatic N) is 2. The van der Waals surface area contributed by atoms with Crippen LogP contribution in [0.3, 0.4) is 0 Å². The molecule has 0 heterocycles. The lowest BCUT2D eigenvalue weighted by Crippen LogP contribution is -2.38. The van der Waals surface area contributed by atoms with E-state index in [2.05, 4.69) is 0 Å². The van der Waals surface area contributed by atoms with Gasteiger partial charge in [0, 0.05) is 26.8 Å². The van der Waals surface area contributed by atoms with Gasteiger partial charge >= 0.3 is 0 Å². The molecule has 1 aromatic rings. The predicted octanol–water partition coefficient (Wildman–Crippen LogP) is 0.439. The zero-order valence-electron chi connectivity index (χ0n) is 11.9. The Morgan fingerprint density at radius 1 is 1.52 bits per heavy atom. The Bertz CT molecular complexity index is 493. The van der Waals surface area contributed by atoms with E-state index in [9.17, 15) is 20.0 Å². The highest BCUT2D eigenvalue weighted by Crippen LogP contribution is 2.18. The van der Waals surface area contributed by atoms with Crippen LogP contribution in [0.2, 0.25) is 0 Å². The SMILES string of the molecule is COCC(O)CN(C)C(=O)COc1cccc([N+](=O)[O-])c1. The fraction of sp³-hybridized carbons (Fsp3) is 0.462. The average molecular weight is 298 g/mol. The van der Waals surface area contributed by atoms with E-state index in [1.807, 2.05) is 0 Å². The highest BCUT2D eigenvalue weighted by molar-refractivity contribution is 5.77. The van der Waals surface area contributed by atoms with Gasteiger partial charge in [0.15, 0.2) is 6.61 Å². The van der Waals surface area contributed by atoms with E-state index in [0.29, 0.717) is 0 Å². The van der Waals surface area contributed by atoms with E-state index in [4.69, 9.17) is 9.47 Å². The highest BCUT2D eigenvalue weighted by Gasteiger charge is 2.15. The molecule has 1 aromatic carbocycles. The lowest BCUT2D eigenvalue weighted by Gasteiger charge is -2.20. The number of non-ortho nitro benzene ring substituents is 1. The molecule has 1 rings (SSSR count). The summed E-state index contributed by atoms with van der Waals surface area (Å²) in [7, 11) is 2.98. The van der Waals surface area contributed by atoms with Gasteiger partial charge in [0.2, 0.25) is 0 Å². The number of aliphatic hydroxyl groups is 1. The molecule has 0 bridgehead atoms. The van der Waals surface area contributed by atoms with E-state index in [0.717, 1.165) is 0 Å². The normalized spacial score (nSPS) is 11.8. The molecule has 0 radical (unpaired) electrons. The monoisotopic (exact) mass is 298 g/mol. The van der Waals surface area contributed by atoms with E-state index >= 15 is 0 Å². The molecule has 21 heavy (non-hydrogen) atoms. The Hall–Kier alpha value is -2.19. The van der Waals surface area contributed by atoms with Crippen molar-refractivity contribution in [1.29, 1.82) is 0 Å². The lowest BCUT2D eigenvalue weighted by atomic mass is 10.3. The first kappa shape index (κ1) is 16.9. The smallest absolute Gasteiger partial charge is 0.273 e. The van der Waals surface area contributed by atoms with Crippen molar-refractivity contribution in [2.24, 2.45) is 0 Å². The van der Waals surface area contributed by atoms with Gasteiger partial charge < -0.3 is 19.5 Å². The molecule has 0 fully saturated rings. The van der Waals surface area contributed by atoms with E-state index in [1.165, 1.54) is 43.3 Å². The molecule has 0 spiro atoms. The quantitative estimate of drug-likeness (QED) is 0.552. The van der Waals surface area contributed by atoms with Gasteiger partial charge in [-0.1, -0.05) is 6.07 Å². The molecule has 8 nitrogen and oxygen atoms in total. The minimum absolute atomic E-state index is 0.108. The number of ether oxygens (including phenoxy) is 2. The zero-order valence-corrected chi connectivity index (χ0v) is 11.9. The Balaban J connectivity index is 2.49. The first-order chi connectivity index (χ1) is 9.93. The Morgan fingerprint density at radius 2 is 2.24 bits per heavy atom. The summed E-state index contributed by atoms with van der Waals surface area (Å²) < 4.78 is 9.98. The number of carbonyl (C=O) groups is 1. The number of carbonyl (C=O) groups excluding carboxylic acids is 1. The summed E-state index contributed by atoms with van der Waals surface area (Å²) in [5, 5.41) is 20.1. The molecular formula is C13H18N2O6. The summed E-state index contributed by atoms with van der Waals surface area (Å²) in [6, 6.07) is 5.58. The molecule has 0 saturated carbocycles. The van der Waals surface area contributed by atoms with Gasteiger partial charge in [-0.05, 0) is 6.07 Å². The Morgan fingerprint density at radius 3 is 2.86 bits per heavy atom. The maximum absolute atomic E-state index is 11.8. The second kappa shape index (κ2) is 8.18. The molecule has 0 aliphatic heterocycles. The van der Waals surface area contributed by atoms with Crippen LogP contribution < -0.4 is 4.74 Å².